The average Bonchev–Trinajstić information content (AvgIpc) is 3.26. The van der Waals surface area contributed by atoms with Gasteiger partial charge in [0.2, 0.25) is 5.95 Å². The summed E-state index contributed by atoms with van der Waals surface area (Å²) in [4.78, 5) is 21.9. The molecule has 1 aromatic carbocycles. The first kappa shape index (κ1) is 28.0. The standard InChI is InChI=1S/C29H36F2N8O/c1-18(2)39-19(3)34-28-23(30)12-21(13-25(28)39)27-24(31)15-33-29(36-27)35-26-7-6-20(14-32-26)16-38-10-11-40-22(17-38)8-9-37(4)5/h6-7,12-15,18,22H,8-11,16-17H2,1-5H3,(H,32,33,35,36)/t22-/m0/s1. The molecule has 1 aliphatic rings. The zero-order chi connectivity index (χ0) is 28.4. The second-order valence-corrected chi connectivity index (χ2v) is 10.8. The van der Waals surface area contributed by atoms with Crippen LogP contribution in [0.25, 0.3) is 22.3 Å². The fraction of sp³-hybridized carbons (Fsp3) is 0.448. The molecule has 0 unspecified atom stereocenters. The van der Waals surface area contributed by atoms with Crippen molar-refractivity contribution in [2.24, 2.45) is 0 Å². The molecule has 1 N–H and O–H groups in total. The SMILES string of the molecule is Cc1nc2c(F)cc(-c3nc(Nc4ccc(CN5CCO[C@@H](CCN(C)C)C5)cn4)ncc3F)cc2n1C(C)C. The summed E-state index contributed by atoms with van der Waals surface area (Å²) in [6.45, 7) is 10.1. The molecule has 9 nitrogen and oxygen atoms in total. The number of pyridine rings is 1. The fourth-order valence-corrected chi connectivity index (χ4v) is 5.15. The molecular weight excluding hydrogens is 514 g/mol. The van der Waals surface area contributed by atoms with Crippen molar-refractivity contribution in [2.75, 3.05) is 45.7 Å². The molecule has 0 radical (unpaired) electrons. The molecule has 1 fully saturated rings. The molecule has 1 aliphatic heterocycles. The summed E-state index contributed by atoms with van der Waals surface area (Å²) in [5, 5.41) is 3.04. The highest BCUT2D eigenvalue weighted by atomic mass is 19.1. The van der Waals surface area contributed by atoms with Crippen LogP contribution in [0.1, 0.15) is 37.7 Å². The van der Waals surface area contributed by atoms with Crippen LogP contribution in [0.15, 0.2) is 36.7 Å². The smallest absolute Gasteiger partial charge is 0.229 e. The number of halogens is 2. The van der Waals surface area contributed by atoms with Gasteiger partial charge in [0.15, 0.2) is 11.6 Å². The summed E-state index contributed by atoms with van der Waals surface area (Å²) in [6, 6.07) is 6.90. The van der Waals surface area contributed by atoms with E-state index in [1.165, 1.54) is 6.07 Å². The van der Waals surface area contributed by atoms with Crippen molar-refractivity contribution < 1.29 is 13.5 Å². The van der Waals surface area contributed by atoms with Crippen LogP contribution >= 0.6 is 0 Å². The number of imidazole rings is 1. The first-order valence-electron chi connectivity index (χ1n) is 13.6. The van der Waals surface area contributed by atoms with Gasteiger partial charge in [-0.3, -0.25) is 4.90 Å². The molecule has 4 aromatic rings. The van der Waals surface area contributed by atoms with Gasteiger partial charge in [0.05, 0.1) is 24.4 Å². The maximum atomic E-state index is 15.0. The summed E-state index contributed by atoms with van der Waals surface area (Å²) in [7, 11) is 4.14. The minimum Gasteiger partial charge on any atom is -0.376 e. The summed E-state index contributed by atoms with van der Waals surface area (Å²) >= 11 is 0. The van der Waals surface area contributed by atoms with Gasteiger partial charge in [0, 0.05) is 44.0 Å². The third-order valence-corrected chi connectivity index (χ3v) is 7.05. The minimum atomic E-state index is -0.644. The monoisotopic (exact) mass is 550 g/mol. The van der Waals surface area contributed by atoms with Gasteiger partial charge in [-0.1, -0.05) is 6.07 Å². The molecule has 212 valence electrons. The second-order valence-electron chi connectivity index (χ2n) is 10.8. The number of benzene rings is 1. The van der Waals surface area contributed by atoms with Gasteiger partial charge < -0.3 is 19.5 Å². The molecule has 3 aromatic heterocycles. The largest absolute Gasteiger partial charge is 0.376 e. The number of morpholine rings is 1. The van der Waals surface area contributed by atoms with E-state index in [4.69, 9.17) is 4.74 Å². The summed E-state index contributed by atoms with van der Waals surface area (Å²) in [5.74, 6) is 0.224. The highest BCUT2D eigenvalue weighted by Gasteiger charge is 2.21. The lowest BCUT2D eigenvalue weighted by atomic mass is 10.1. The Labute approximate surface area is 233 Å². The first-order valence-corrected chi connectivity index (χ1v) is 13.6. The molecular formula is C29H36F2N8O. The maximum absolute atomic E-state index is 15.0. The van der Waals surface area contributed by atoms with Crippen molar-refractivity contribution >= 4 is 22.8 Å². The van der Waals surface area contributed by atoms with Crippen LogP contribution < -0.4 is 5.32 Å². The highest BCUT2D eigenvalue weighted by molar-refractivity contribution is 5.83. The van der Waals surface area contributed by atoms with E-state index in [1.54, 1.807) is 6.07 Å². The summed E-state index contributed by atoms with van der Waals surface area (Å²) in [5.41, 5.74) is 2.25. The van der Waals surface area contributed by atoms with Gasteiger partial charge in [0.25, 0.3) is 0 Å². The number of hydrogen-bond acceptors (Lipinski definition) is 8. The number of nitrogens with zero attached hydrogens (tertiary/aromatic N) is 7. The topological polar surface area (TPSA) is 84.2 Å². The Morgan fingerprint density at radius 3 is 2.65 bits per heavy atom. The van der Waals surface area contributed by atoms with Crippen molar-refractivity contribution in [2.45, 2.75) is 45.9 Å². The Kier molecular flexibility index (Phi) is 8.34. The minimum absolute atomic E-state index is 0.000202. The van der Waals surface area contributed by atoms with Gasteiger partial charge in [0.1, 0.15) is 22.9 Å². The van der Waals surface area contributed by atoms with E-state index in [-0.39, 0.29) is 29.3 Å². The molecule has 0 spiro atoms. The van der Waals surface area contributed by atoms with Crippen molar-refractivity contribution in [3.63, 3.8) is 0 Å². The number of aryl methyl sites for hydroxylation is 1. The fourth-order valence-electron chi connectivity index (χ4n) is 5.15. The molecule has 1 atom stereocenters. The normalized spacial score (nSPS) is 16.4. The lowest BCUT2D eigenvalue weighted by Crippen LogP contribution is -2.42. The van der Waals surface area contributed by atoms with Crippen LogP contribution in [0.2, 0.25) is 0 Å². The summed E-state index contributed by atoms with van der Waals surface area (Å²) < 4.78 is 37.7. The first-order chi connectivity index (χ1) is 19.2. The summed E-state index contributed by atoms with van der Waals surface area (Å²) in [6.07, 6.45) is 4.14. The zero-order valence-electron chi connectivity index (χ0n) is 23.7. The van der Waals surface area contributed by atoms with Crippen LogP contribution in [0.5, 0.6) is 0 Å². The van der Waals surface area contributed by atoms with Gasteiger partial charge >= 0.3 is 0 Å². The number of hydrogen-bond donors (Lipinski definition) is 1. The Balaban J connectivity index is 1.30. The van der Waals surface area contributed by atoms with Gasteiger partial charge in [-0.15, -0.1) is 0 Å². The Morgan fingerprint density at radius 2 is 1.93 bits per heavy atom. The van der Waals surface area contributed by atoms with Crippen molar-refractivity contribution in [3.8, 4) is 11.3 Å². The predicted molar refractivity (Wildman–Crippen MR) is 152 cm³/mol. The maximum Gasteiger partial charge on any atom is 0.229 e. The van der Waals surface area contributed by atoms with E-state index in [9.17, 15) is 8.78 Å². The lowest BCUT2D eigenvalue weighted by molar-refractivity contribution is -0.0370. The molecule has 0 bridgehead atoms. The van der Waals surface area contributed by atoms with Gasteiger partial charge in [-0.25, -0.2) is 28.7 Å². The number of rotatable bonds is 9. The van der Waals surface area contributed by atoms with Crippen LogP contribution in [0.3, 0.4) is 0 Å². The van der Waals surface area contributed by atoms with Crippen molar-refractivity contribution in [1.29, 1.82) is 0 Å². The third-order valence-electron chi connectivity index (χ3n) is 7.05. The molecule has 4 heterocycles. The van der Waals surface area contributed by atoms with Crippen LogP contribution in [-0.2, 0) is 11.3 Å². The Morgan fingerprint density at radius 1 is 1.10 bits per heavy atom. The van der Waals surface area contributed by atoms with Crippen LogP contribution in [-0.4, -0.2) is 80.7 Å². The Bertz CT molecular complexity index is 1470. The molecule has 1 saturated heterocycles. The molecule has 0 saturated carbocycles. The van der Waals surface area contributed by atoms with E-state index >= 15 is 0 Å². The predicted octanol–water partition coefficient (Wildman–Crippen LogP) is 4.95. The Hall–Kier alpha value is -3.54. The zero-order valence-corrected chi connectivity index (χ0v) is 23.7. The van der Waals surface area contributed by atoms with E-state index < -0.39 is 11.6 Å². The third kappa shape index (κ3) is 6.27. The van der Waals surface area contributed by atoms with E-state index in [0.717, 1.165) is 51.0 Å². The number of nitrogens with one attached hydrogen (secondary N) is 1. The highest BCUT2D eigenvalue weighted by Crippen LogP contribution is 2.30. The lowest BCUT2D eigenvalue weighted by Gasteiger charge is -2.33. The van der Waals surface area contributed by atoms with E-state index in [2.05, 4.69) is 49.1 Å². The van der Waals surface area contributed by atoms with E-state index in [1.807, 2.05) is 43.7 Å². The van der Waals surface area contributed by atoms with Crippen LogP contribution in [0.4, 0.5) is 20.5 Å². The van der Waals surface area contributed by atoms with Gasteiger partial charge in [-0.05, 0) is 65.0 Å². The van der Waals surface area contributed by atoms with E-state index in [0.29, 0.717) is 22.7 Å². The number of ether oxygens (including phenoxy) is 1. The van der Waals surface area contributed by atoms with Crippen molar-refractivity contribution in [1.82, 2.24) is 34.3 Å². The average molecular weight is 551 g/mol. The molecule has 40 heavy (non-hydrogen) atoms. The van der Waals surface area contributed by atoms with Crippen LogP contribution in [0, 0.1) is 18.6 Å². The van der Waals surface area contributed by atoms with Crippen molar-refractivity contribution in [3.05, 3.63) is 59.7 Å². The number of fused-ring (bicyclic) bond motifs is 1. The van der Waals surface area contributed by atoms with Gasteiger partial charge in [-0.2, -0.15) is 0 Å². The number of anilines is 2. The second kappa shape index (κ2) is 11.9. The molecule has 11 heteroatoms. The molecule has 0 aliphatic carbocycles. The quantitative estimate of drug-likeness (QED) is 0.313. The number of aromatic nitrogens is 5. The molecule has 5 rings (SSSR count). The molecule has 0 amide bonds.